The first kappa shape index (κ1) is 17.4. The lowest BCUT2D eigenvalue weighted by molar-refractivity contribution is -0.125. The van der Waals surface area contributed by atoms with Gasteiger partial charge in [0.2, 0.25) is 5.91 Å². The summed E-state index contributed by atoms with van der Waals surface area (Å²) >= 11 is 0. The number of amides is 1. The molecule has 0 atom stereocenters. The SMILES string of the molecule is CNOCC(C)(C)CC(=O)NCC(C)(C)COC. The summed E-state index contributed by atoms with van der Waals surface area (Å²) in [5.41, 5.74) is 2.39. The number of carbonyl (C=O) groups is 1. The number of rotatable bonds is 9. The van der Waals surface area contributed by atoms with Gasteiger partial charge in [0, 0.05) is 32.5 Å². The van der Waals surface area contributed by atoms with Crippen molar-refractivity contribution in [1.29, 1.82) is 0 Å². The molecule has 18 heavy (non-hydrogen) atoms. The molecule has 0 spiro atoms. The lowest BCUT2D eigenvalue weighted by Crippen LogP contribution is -2.39. The number of ether oxygens (including phenoxy) is 1. The van der Waals surface area contributed by atoms with Crippen molar-refractivity contribution in [3.8, 4) is 0 Å². The molecule has 5 heteroatoms. The number of methoxy groups -OCH3 is 1. The molecule has 1 amide bonds. The topological polar surface area (TPSA) is 59.6 Å². The number of carbonyl (C=O) groups excluding carboxylic acids is 1. The highest BCUT2D eigenvalue weighted by Gasteiger charge is 2.24. The minimum absolute atomic E-state index is 0.0453. The number of hydrogen-bond donors (Lipinski definition) is 2. The normalized spacial score (nSPS) is 12.6. The minimum atomic E-state index is -0.182. The lowest BCUT2D eigenvalue weighted by Gasteiger charge is -2.26. The Morgan fingerprint density at radius 2 is 1.72 bits per heavy atom. The van der Waals surface area contributed by atoms with E-state index in [1.165, 1.54) is 0 Å². The Morgan fingerprint density at radius 3 is 2.22 bits per heavy atom. The van der Waals surface area contributed by atoms with Gasteiger partial charge in [0.1, 0.15) is 0 Å². The fourth-order valence-corrected chi connectivity index (χ4v) is 1.60. The fourth-order valence-electron chi connectivity index (χ4n) is 1.60. The number of hydroxylamine groups is 1. The van der Waals surface area contributed by atoms with Crippen LogP contribution in [0.4, 0.5) is 0 Å². The largest absolute Gasteiger partial charge is 0.384 e. The van der Waals surface area contributed by atoms with E-state index >= 15 is 0 Å². The second kappa shape index (κ2) is 7.71. The highest BCUT2D eigenvalue weighted by atomic mass is 16.6. The summed E-state index contributed by atoms with van der Waals surface area (Å²) in [6.45, 7) is 9.87. The predicted octanol–water partition coefficient (Wildman–Crippen LogP) is 1.34. The average molecular weight is 260 g/mol. The van der Waals surface area contributed by atoms with E-state index in [2.05, 4.69) is 24.6 Å². The standard InChI is InChI=1S/C13H28N2O3/c1-12(2,10-18-14-5)7-11(16)15-8-13(3,4)9-17-6/h14H,7-10H2,1-6H3,(H,15,16). The molecule has 0 aliphatic carbocycles. The molecule has 0 aromatic carbocycles. The predicted molar refractivity (Wildman–Crippen MR) is 72.1 cm³/mol. The summed E-state index contributed by atoms with van der Waals surface area (Å²) in [5, 5.41) is 2.95. The Bertz CT molecular complexity index is 253. The summed E-state index contributed by atoms with van der Waals surface area (Å²) in [6.07, 6.45) is 0.442. The first-order valence-electron chi connectivity index (χ1n) is 6.27. The molecule has 0 aromatic rings. The molecule has 0 fully saturated rings. The van der Waals surface area contributed by atoms with Gasteiger partial charge in [-0.25, -0.2) is 5.48 Å². The van der Waals surface area contributed by atoms with Gasteiger partial charge in [-0.05, 0) is 5.41 Å². The second-order valence-corrected chi connectivity index (χ2v) is 6.21. The second-order valence-electron chi connectivity index (χ2n) is 6.21. The highest BCUT2D eigenvalue weighted by molar-refractivity contribution is 5.76. The van der Waals surface area contributed by atoms with Gasteiger partial charge in [0.15, 0.2) is 0 Å². The van der Waals surface area contributed by atoms with Crippen LogP contribution >= 0.6 is 0 Å². The van der Waals surface area contributed by atoms with Gasteiger partial charge in [0.05, 0.1) is 13.2 Å². The van der Waals surface area contributed by atoms with E-state index in [0.29, 0.717) is 26.2 Å². The molecule has 0 saturated heterocycles. The molecule has 0 radical (unpaired) electrons. The molecule has 108 valence electrons. The zero-order valence-corrected chi connectivity index (χ0v) is 12.6. The molecule has 0 rings (SSSR count). The van der Waals surface area contributed by atoms with Crippen molar-refractivity contribution in [2.45, 2.75) is 34.1 Å². The first-order chi connectivity index (χ1) is 8.22. The van der Waals surface area contributed by atoms with E-state index in [4.69, 9.17) is 9.57 Å². The molecular weight excluding hydrogens is 232 g/mol. The fraction of sp³-hybridized carbons (Fsp3) is 0.923. The molecule has 0 aliphatic heterocycles. The van der Waals surface area contributed by atoms with Crippen molar-refractivity contribution >= 4 is 5.91 Å². The van der Waals surface area contributed by atoms with E-state index in [-0.39, 0.29) is 16.7 Å². The third kappa shape index (κ3) is 8.44. The van der Waals surface area contributed by atoms with Crippen LogP contribution in [0.3, 0.4) is 0 Å². The van der Waals surface area contributed by atoms with Crippen LogP contribution < -0.4 is 10.8 Å². The first-order valence-corrected chi connectivity index (χ1v) is 6.27. The van der Waals surface area contributed by atoms with Crippen LogP contribution in [-0.2, 0) is 14.4 Å². The molecule has 0 unspecified atom stereocenters. The molecule has 0 aliphatic rings. The molecule has 0 aromatic heterocycles. The van der Waals surface area contributed by atoms with Gasteiger partial charge in [-0.1, -0.05) is 27.7 Å². The number of hydrogen-bond acceptors (Lipinski definition) is 4. The summed E-state index contributed by atoms with van der Waals surface area (Å²) < 4.78 is 5.11. The lowest BCUT2D eigenvalue weighted by atomic mass is 9.89. The van der Waals surface area contributed by atoms with E-state index in [9.17, 15) is 4.79 Å². The van der Waals surface area contributed by atoms with E-state index in [1.807, 2.05) is 13.8 Å². The van der Waals surface area contributed by atoms with Crippen LogP contribution in [-0.4, -0.2) is 39.8 Å². The Labute approximate surface area is 111 Å². The monoisotopic (exact) mass is 260 g/mol. The molecule has 0 heterocycles. The smallest absolute Gasteiger partial charge is 0.220 e. The quantitative estimate of drug-likeness (QED) is 0.614. The van der Waals surface area contributed by atoms with E-state index < -0.39 is 0 Å². The average Bonchev–Trinajstić information content (AvgIpc) is 2.23. The molecule has 2 N–H and O–H groups in total. The Kier molecular flexibility index (Phi) is 7.43. The Balaban J connectivity index is 4.03. The van der Waals surface area contributed by atoms with Gasteiger partial charge in [0.25, 0.3) is 0 Å². The molecule has 0 bridgehead atoms. The van der Waals surface area contributed by atoms with Gasteiger partial charge in [-0.15, -0.1) is 0 Å². The highest BCUT2D eigenvalue weighted by Crippen LogP contribution is 2.20. The Morgan fingerprint density at radius 1 is 1.11 bits per heavy atom. The zero-order valence-electron chi connectivity index (χ0n) is 12.6. The van der Waals surface area contributed by atoms with Crippen molar-refractivity contribution in [2.75, 3.05) is 33.9 Å². The van der Waals surface area contributed by atoms with Crippen LogP contribution in [0.15, 0.2) is 0 Å². The molecular formula is C13H28N2O3. The summed E-state index contributed by atoms with van der Waals surface area (Å²) in [4.78, 5) is 17.0. The van der Waals surface area contributed by atoms with Crippen molar-refractivity contribution in [3.05, 3.63) is 0 Å². The summed E-state index contributed by atoms with van der Waals surface area (Å²) in [5.74, 6) is 0.0453. The summed E-state index contributed by atoms with van der Waals surface area (Å²) in [6, 6.07) is 0. The van der Waals surface area contributed by atoms with Crippen molar-refractivity contribution < 1.29 is 14.4 Å². The van der Waals surface area contributed by atoms with Crippen molar-refractivity contribution in [1.82, 2.24) is 10.8 Å². The van der Waals surface area contributed by atoms with Crippen LogP contribution in [0.25, 0.3) is 0 Å². The van der Waals surface area contributed by atoms with Gasteiger partial charge >= 0.3 is 0 Å². The van der Waals surface area contributed by atoms with Gasteiger partial charge in [-0.3, -0.25) is 4.79 Å². The molecule has 5 nitrogen and oxygen atoms in total. The maximum atomic E-state index is 11.8. The van der Waals surface area contributed by atoms with Crippen molar-refractivity contribution in [3.63, 3.8) is 0 Å². The van der Waals surface area contributed by atoms with Gasteiger partial charge in [-0.2, -0.15) is 0 Å². The van der Waals surface area contributed by atoms with E-state index in [0.717, 1.165) is 0 Å². The van der Waals surface area contributed by atoms with Crippen LogP contribution in [0.1, 0.15) is 34.1 Å². The van der Waals surface area contributed by atoms with Crippen molar-refractivity contribution in [2.24, 2.45) is 10.8 Å². The summed E-state index contributed by atoms with van der Waals surface area (Å²) in [7, 11) is 3.38. The third-order valence-electron chi connectivity index (χ3n) is 2.55. The van der Waals surface area contributed by atoms with Crippen LogP contribution in [0.5, 0.6) is 0 Å². The zero-order chi connectivity index (χ0) is 14.2. The maximum absolute atomic E-state index is 11.8. The van der Waals surface area contributed by atoms with Crippen LogP contribution in [0.2, 0.25) is 0 Å². The minimum Gasteiger partial charge on any atom is -0.384 e. The van der Waals surface area contributed by atoms with Gasteiger partial charge < -0.3 is 14.9 Å². The number of nitrogens with one attached hydrogen (secondary N) is 2. The Hall–Kier alpha value is -0.650. The third-order valence-corrected chi connectivity index (χ3v) is 2.55. The maximum Gasteiger partial charge on any atom is 0.220 e. The molecule has 0 saturated carbocycles. The van der Waals surface area contributed by atoms with E-state index in [1.54, 1.807) is 14.2 Å². The van der Waals surface area contributed by atoms with Crippen LogP contribution in [0, 0.1) is 10.8 Å².